The van der Waals surface area contributed by atoms with Gasteiger partial charge in [0.2, 0.25) is 0 Å². The molecule has 0 radical (unpaired) electrons. The highest BCUT2D eigenvalue weighted by Gasteiger charge is 2.36. The maximum atomic E-state index is 6.21. The molecule has 1 heterocycles. The van der Waals surface area contributed by atoms with Crippen molar-refractivity contribution in [2.24, 2.45) is 11.7 Å². The Hall–Kier alpha value is -0.120. The predicted molar refractivity (Wildman–Crippen MR) is 86.4 cm³/mol. The first kappa shape index (κ1) is 16.3. The largest absolute Gasteiger partial charge is 0.329 e. The molecule has 118 valence electrons. The molecule has 1 saturated carbocycles. The quantitative estimate of drug-likeness (QED) is 0.776. The highest BCUT2D eigenvalue weighted by atomic mass is 15.6. The molecule has 4 unspecified atom stereocenters. The fourth-order valence-electron chi connectivity index (χ4n) is 4.16. The third-order valence-corrected chi connectivity index (χ3v) is 5.83. The van der Waals surface area contributed by atoms with Gasteiger partial charge in [0.05, 0.1) is 0 Å². The normalized spacial score (nSPS) is 40.5. The molecule has 0 bridgehead atoms. The van der Waals surface area contributed by atoms with Gasteiger partial charge in [-0.05, 0) is 51.9 Å². The zero-order valence-electron chi connectivity index (χ0n) is 13.8. The minimum Gasteiger partial charge on any atom is -0.329 e. The number of nitrogens with two attached hydrogens (primary N) is 1. The van der Waals surface area contributed by atoms with E-state index >= 15 is 0 Å². The van der Waals surface area contributed by atoms with Crippen molar-refractivity contribution in [1.82, 2.24) is 10.4 Å². The van der Waals surface area contributed by atoms with E-state index < -0.39 is 0 Å². The number of nitrogens with zero attached hydrogens (tertiary/aromatic N) is 1. The van der Waals surface area contributed by atoms with Crippen molar-refractivity contribution >= 4 is 0 Å². The van der Waals surface area contributed by atoms with Crippen LogP contribution in [0.4, 0.5) is 0 Å². The molecule has 3 heteroatoms. The van der Waals surface area contributed by atoms with Crippen molar-refractivity contribution in [3.05, 3.63) is 0 Å². The van der Waals surface area contributed by atoms with Crippen molar-refractivity contribution in [2.45, 2.75) is 96.2 Å². The van der Waals surface area contributed by atoms with E-state index in [0.717, 1.165) is 12.5 Å². The average molecular weight is 281 g/mol. The van der Waals surface area contributed by atoms with Crippen molar-refractivity contribution in [1.29, 1.82) is 0 Å². The van der Waals surface area contributed by atoms with Crippen LogP contribution >= 0.6 is 0 Å². The molecular formula is C17H35N3. The lowest BCUT2D eigenvalue weighted by Gasteiger charge is -2.46. The number of rotatable bonds is 4. The first-order valence-corrected chi connectivity index (χ1v) is 8.86. The summed E-state index contributed by atoms with van der Waals surface area (Å²) in [7, 11) is 0. The van der Waals surface area contributed by atoms with Crippen LogP contribution in [-0.2, 0) is 0 Å². The summed E-state index contributed by atoms with van der Waals surface area (Å²) in [5.41, 5.74) is 10.3. The van der Waals surface area contributed by atoms with Gasteiger partial charge in [-0.25, -0.2) is 10.4 Å². The lowest BCUT2D eigenvalue weighted by atomic mass is 9.89. The summed E-state index contributed by atoms with van der Waals surface area (Å²) >= 11 is 0. The van der Waals surface area contributed by atoms with E-state index in [1.165, 1.54) is 57.8 Å². The van der Waals surface area contributed by atoms with E-state index in [1.807, 2.05) is 0 Å². The lowest BCUT2D eigenvalue weighted by molar-refractivity contribution is -0.00319. The number of hydrazine groups is 1. The van der Waals surface area contributed by atoms with Gasteiger partial charge in [0.25, 0.3) is 0 Å². The van der Waals surface area contributed by atoms with Crippen LogP contribution in [0, 0.1) is 5.92 Å². The first-order chi connectivity index (χ1) is 9.60. The third kappa shape index (κ3) is 3.75. The summed E-state index contributed by atoms with van der Waals surface area (Å²) in [6.45, 7) is 7.83. The van der Waals surface area contributed by atoms with Crippen molar-refractivity contribution in [3.63, 3.8) is 0 Å². The molecule has 2 aliphatic rings. The predicted octanol–water partition coefficient (Wildman–Crippen LogP) is 3.44. The van der Waals surface area contributed by atoms with Gasteiger partial charge in [-0.15, -0.1) is 0 Å². The summed E-state index contributed by atoms with van der Waals surface area (Å²) in [5, 5.41) is 2.53. The topological polar surface area (TPSA) is 41.3 Å². The van der Waals surface area contributed by atoms with Crippen LogP contribution in [0.5, 0.6) is 0 Å². The number of hydrogen-bond acceptors (Lipinski definition) is 3. The van der Waals surface area contributed by atoms with Gasteiger partial charge < -0.3 is 5.73 Å². The molecule has 4 atom stereocenters. The molecular weight excluding hydrogens is 246 g/mol. The molecule has 3 nitrogen and oxygen atoms in total. The number of nitrogens with one attached hydrogen (secondary N) is 1. The fraction of sp³-hybridized carbons (Fsp3) is 1.00. The molecule has 2 fully saturated rings. The highest BCUT2D eigenvalue weighted by Crippen LogP contribution is 2.33. The Kier molecular flexibility index (Phi) is 5.88. The van der Waals surface area contributed by atoms with Gasteiger partial charge in [0.1, 0.15) is 0 Å². The van der Waals surface area contributed by atoms with Gasteiger partial charge in [-0.1, -0.05) is 32.6 Å². The summed E-state index contributed by atoms with van der Waals surface area (Å²) in [6.07, 6.45) is 11.9. The molecule has 3 N–H and O–H groups in total. The zero-order chi connectivity index (χ0) is 14.6. The van der Waals surface area contributed by atoms with Gasteiger partial charge in [0, 0.05) is 24.2 Å². The van der Waals surface area contributed by atoms with E-state index in [9.17, 15) is 0 Å². The van der Waals surface area contributed by atoms with Gasteiger partial charge in [-0.3, -0.25) is 0 Å². The van der Waals surface area contributed by atoms with E-state index in [-0.39, 0.29) is 5.54 Å². The highest BCUT2D eigenvalue weighted by molar-refractivity contribution is 4.93. The van der Waals surface area contributed by atoms with Crippen LogP contribution in [0.15, 0.2) is 0 Å². The van der Waals surface area contributed by atoms with Crippen LogP contribution in [0.1, 0.15) is 78.6 Å². The van der Waals surface area contributed by atoms with Crippen molar-refractivity contribution in [2.75, 3.05) is 6.54 Å². The van der Waals surface area contributed by atoms with Crippen LogP contribution in [0.3, 0.4) is 0 Å². The van der Waals surface area contributed by atoms with Crippen LogP contribution in [-0.4, -0.2) is 29.2 Å². The molecule has 2 rings (SSSR count). The molecule has 0 spiro atoms. The molecule has 0 amide bonds. The average Bonchev–Trinajstić information content (AvgIpc) is 2.66. The Morgan fingerprint density at radius 1 is 1.05 bits per heavy atom. The summed E-state index contributed by atoms with van der Waals surface area (Å²) < 4.78 is 0. The van der Waals surface area contributed by atoms with Gasteiger partial charge in [-0.2, -0.15) is 0 Å². The zero-order valence-corrected chi connectivity index (χ0v) is 13.8. The first-order valence-electron chi connectivity index (χ1n) is 8.86. The standard InChI is InChI=1S/C17H35N3/c1-4-16-9-6-11-17(13-18,12-10-16)19-20-14(2)7-5-8-15(20)3/h14-16,19H,4-13,18H2,1-3H3. The fourth-order valence-corrected chi connectivity index (χ4v) is 4.16. The van der Waals surface area contributed by atoms with Crippen LogP contribution in [0.2, 0.25) is 0 Å². The molecule has 20 heavy (non-hydrogen) atoms. The Balaban J connectivity index is 2.02. The Bertz CT molecular complexity index is 284. The Morgan fingerprint density at radius 2 is 1.75 bits per heavy atom. The number of piperidine rings is 1. The van der Waals surface area contributed by atoms with E-state index in [0.29, 0.717) is 12.1 Å². The monoisotopic (exact) mass is 281 g/mol. The SMILES string of the molecule is CCC1CCCC(CN)(NN2C(C)CCCC2C)CC1. The second kappa shape index (κ2) is 7.24. The maximum Gasteiger partial charge on any atom is 0.0448 e. The third-order valence-electron chi connectivity index (χ3n) is 5.83. The van der Waals surface area contributed by atoms with E-state index in [2.05, 4.69) is 31.2 Å². The molecule has 1 aliphatic carbocycles. The molecule has 0 aromatic rings. The van der Waals surface area contributed by atoms with Gasteiger partial charge in [0.15, 0.2) is 0 Å². The van der Waals surface area contributed by atoms with Crippen molar-refractivity contribution in [3.8, 4) is 0 Å². The minimum atomic E-state index is 0.157. The maximum absolute atomic E-state index is 6.21. The second-order valence-electron chi connectivity index (χ2n) is 7.34. The van der Waals surface area contributed by atoms with E-state index in [4.69, 9.17) is 5.73 Å². The number of hydrogen-bond donors (Lipinski definition) is 2. The Labute approximate surface area is 125 Å². The van der Waals surface area contributed by atoms with Crippen LogP contribution in [0.25, 0.3) is 0 Å². The molecule has 0 aromatic carbocycles. The molecule has 0 aromatic heterocycles. The van der Waals surface area contributed by atoms with Crippen molar-refractivity contribution < 1.29 is 0 Å². The Morgan fingerprint density at radius 3 is 2.35 bits per heavy atom. The van der Waals surface area contributed by atoms with Crippen LogP contribution < -0.4 is 11.2 Å². The summed E-state index contributed by atoms with van der Waals surface area (Å²) in [5.74, 6) is 0.918. The van der Waals surface area contributed by atoms with E-state index in [1.54, 1.807) is 0 Å². The van der Waals surface area contributed by atoms with Gasteiger partial charge >= 0.3 is 0 Å². The summed E-state index contributed by atoms with van der Waals surface area (Å²) in [6, 6.07) is 1.29. The second-order valence-corrected chi connectivity index (χ2v) is 7.34. The summed E-state index contributed by atoms with van der Waals surface area (Å²) in [4.78, 5) is 0. The molecule has 1 aliphatic heterocycles. The molecule has 1 saturated heterocycles. The minimum absolute atomic E-state index is 0.157. The lowest BCUT2D eigenvalue weighted by Crippen LogP contribution is -2.63. The smallest absolute Gasteiger partial charge is 0.0448 e.